The van der Waals surface area contributed by atoms with Crippen LogP contribution in [-0.4, -0.2) is 15.9 Å². The number of nitrogens with zero attached hydrogens (tertiary/aromatic N) is 3. The molecule has 0 aliphatic rings. The second-order valence-corrected chi connectivity index (χ2v) is 4.78. The van der Waals surface area contributed by atoms with Crippen molar-refractivity contribution in [2.24, 2.45) is 10.7 Å². The number of aryl methyl sites for hydroxylation is 2. The van der Waals surface area contributed by atoms with Gasteiger partial charge >= 0.3 is 0 Å². The van der Waals surface area contributed by atoms with E-state index in [0.29, 0.717) is 11.3 Å². The Kier molecular flexibility index (Phi) is 4.53. The number of nitrogens with two attached hydrogens (primary N) is 1. The molecule has 1 aromatic heterocycles. The van der Waals surface area contributed by atoms with E-state index in [1.54, 1.807) is 6.92 Å². The fourth-order valence-corrected chi connectivity index (χ4v) is 1.95. The van der Waals surface area contributed by atoms with E-state index in [9.17, 15) is 4.79 Å². The zero-order chi connectivity index (χ0) is 16.1. The average Bonchev–Trinajstić information content (AvgIpc) is 2.42. The smallest absolute Gasteiger partial charge is 0.256 e. The first kappa shape index (κ1) is 15.3. The molecular weight excluding hydrogens is 280 g/mol. The molecule has 4 N–H and O–H groups in total. The summed E-state index contributed by atoms with van der Waals surface area (Å²) in [6.45, 7) is 3.62. The van der Waals surface area contributed by atoms with Crippen molar-refractivity contribution in [1.29, 1.82) is 5.26 Å². The lowest BCUT2D eigenvalue weighted by Gasteiger charge is -2.06. The van der Waals surface area contributed by atoms with Crippen molar-refractivity contribution in [2.75, 3.05) is 5.32 Å². The van der Waals surface area contributed by atoms with Gasteiger partial charge in [-0.1, -0.05) is 12.1 Å². The third-order valence-electron chi connectivity index (χ3n) is 2.98. The highest BCUT2D eigenvalue weighted by Crippen LogP contribution is 2.10. The molecule has 0 aliphatic carbocycles. The van der Waals surface area contributed by atoms with Gasteiger partial charge in [-0.15, -0.1) is 0 Å². The number of anilines is 1. The van der Waals surface area contributed by atoms with E-state index in [2.05, 4.69) is 20.3 Å². The minimum absolute atomic E-state index is 0.00911. The lowest BCUT2D eigenvalue weighted by molar-refractivity contribution is 0.987. The van der Waals surface area contributed by atoms with Gasteiger partial charge in [0, 0.05) is 5.69 Å². The van der Waals surface area contributed by atoms with Gasteiger partial charge in [-0.05, 0) is 31.5 Å². The van der Waals surface area contributed by atoms with Crippen molar-refractivity contribution in [3.05, 3.63) is 51.4 Å². The molecule has 22 heavy (non-hydrogen) atoms. The topological polar surface area (TPSA) is 120 Å². The molecule has 0 fully saturated rings. The van der Waals surface area contributed by atoms with Gasteiger partial charge in [0.1, 0.15) is 0 Å². The molecular formula is C15H16N6O. The second kappa shape index (κ2) is 6.54. The van der Waals surface area contributed by atoms with E-state index in [1.807, 2.05) is 37.3 Å². The molecule has 0 unspecified atom stereocenters. The van der Waals surface area contributed by atoms with Crippen molar-refractivity contribution in [1.82, 2.24) is 9.97 Å². The number of aliphatic imine (C=N–C) groups is 1. The first-order chi connectivity index (χ1) is 10.5. The van der Waals surface area contributed by atoms with Crippen LogP contribution in [0.5, 0.6) is 0 Å². The fraction of sp³-hybridized carbons (Fsp3) is 0.200. The van der Waals surface area contributed by atoms with Crippen molar-refractivity contribution >= 4 is 17.6 Å². The van der Waals surface area contributed by atoms with Crippen molar-refractivity contribution in [3.8, 4) is 6.07 Å². The van der Waals surface area contributed by atoms with Crippen LogP contribution in [0.15, 0.2) is 34.1 Å². The Bertz CT molecular complexity index is 816. The Labute approximate surface area is 127 Å². The third kappa shape index (κ3) is 3.70. The Morgan fingerprint density at radius 2 is 2.27 bits per heavy atom. The van der Waals surface area contributed by atoms with Gasteiger partial charge in [-0.25, -0.2) is 4.98 Å². The number of aromatic amines is 1. The Balaban J connectivity index is 2.25. The summed E-state index contributed by atoms with van der Waals surface area (Å²) in [5.74, 6) is 0.211. The highest BCUT2D eigenvalue weighted by atomic mass is 16.1. The van der Waals surface area contributed by atoms with Crippen molar-refractivity contribution in [2.45, 2.75) is 20.3 Å². The molecule has 112 valence electrons. The standard InChI is InChI=1S/C15H16N6O/c1-9-4-3-5-11(8-9)19-14(17)21-15-18-10(2)12(6-7-16)13(22)20-15/h3-5,8H,6H2,1-2H3,(H4,17,18,19,20,21,22). The van der Waals surface area contributed by atoms with E-state index in [1.165, 1.54) is 0 Å². The molecule has 0 atom stereocenters. The molecule has 1 heterocycles. The highest BCUT2D eigenvalue weighted by molar-refractivity contribution is 5.93. The van der Waals surface area contributed by atoms with Crippen molar-refractivity contribution < 1.29 is 0 Å². The number of hydrogen-bond donors (Lipinski definition) is 3. The Morgan fingerprint density at radius 3 is 2.91 bits per heavy atom. The van der Waals surface area contributed by atoms with Crippen LogP contribution >= 0.6 is 0 Å². The minimum atomic E-state index is -0.379. The summed E-state index contributed by atoms with van der Waals surface area (Å²) in [6, 6.07) is 9.56. The van der Waals surface area contributed by atoms with E-state index in [0.717, 1.165) is 11.3 Å². The highest BCUT2D eigenvalue weighted by Gasteiger charge is 2.07. The van der Waals surface area contributed by atoms with Gasteiger partial charge in [0.25, 0.3) is 5.56 Å². The molecule has 7 heteroatoms. The van der Waals surface area contributed by atoms with E-state index >= 15 is 0 Å². The van der Waals surface area contributed by atoms with E-state index in [-0.39, 0.29) is 23.9 Å². The second-order valence-electron chi connectivity index (χ2n) is 4.78. The number of nitriles is 1. The molecule has 0 spiro atoms. The lowest BCUT2D eigenvalue weighted by atomic mass is 10.2. The Morgan fingerprint density at radius 1 is 1.50 bits per heavy atom. The van der Waals surface area contributed by atoms with E-state index in [4.69, 9.17) is 11.0 Å². The van der Waals surface area contributed by atoms with Crippen LogP contribution in [0.2, 0.25) is 0 Å². The molecule has 7 nitrogen and oxygen atoms in total. The maximum atomic E-state index is 11.9. The fourth-order valence-electron chi connectivity index (χ4n) is 1.95. The van der Waals surface area contributed by atoms with Gasteiger partial charge in [0.15, 0.2) is 0 Å². The summed E-state index contributed by atoms with van der Waals surface area (Å²) in [5.41, 5.74) is 8.11. The van der Waals surface area contributed by atoms with Gasteiger partial charge in [0.05, 0.1) is 23.7 Å². The number of benzene rings is 1. The van der Waals surface area contributed by atoms with Crippen LogP contribution in [0.25, 0.3) is 0 Å². The molecule has 0 amide bonds. The third-order valence-corrected chi connectivity index (χ3v) is 2.98. The summed E-state index contributed by atoms with van der Waals surface area (Å²) in [4.78, 5) is 22.5. The largest absolute Gasteiger partial charge is 0.369 e. The average molecular weight is 296 g/mol. The predicted molar refractivity (Wildman–Crippen MR) is 85.0 cm³/mol. The van der Waals surface area contributed by atoms with Crippen LogP contribution in [0.3, 0.4) is 0 Å². The maximum absolute atomic E-state index is 11.9. The molecule has 1 aromatic carbocycles. The molecule has 0 saturated carbocycles. The van der Waals surface area contributed by atoms with Crippen LogP contribution in [0, 0.1) is 25.2 Å². The van der Waals surface area contributed by atoms with Gasteiger partial charge in [0.2, 0.25) is 11.9 Å². The number of H-pyrrole nitrogens is 1. The number of guanidine groups is 1. The van der Waals surface area contributed by atoms with Gasteiger partial charge in [-0.3, -0.25) is 9.78 Å². The lowest BCUT2D eigenvalue weighted by Crippen LogP contribution is -2.23. The quantitative estimate of drug-likeness (QED) is 0.585. The number of nitrogens with one attached hydrogen (secondary N) is 2. The summed E-state index contributed by atoms with van der Waals surface area (Å²) < 4.78 is 0. The zero-order valence-corrected chi connectivity index (χ0v) is 12.3. The molecule has 2 rings (SSSR count). The predicted octanol–water partition coefficient (Wildman–Crippen LogP) is 1.51. The first-order valence-electron chi connectivity index (χ1n) is 6.64. The summed E-state index contributed by atoms with van der Waals surface area (Å²) >= 11 is 0. The first-order valence-corrected chi connectivity index (χ1v) is 6.64. The van der Waals surface area contributed by atoms with E-state index < -0.39 is 0 Å². The summed E-state index contributed by atoms with van der Waals surface area (Å²) in [5, 5.41) is 11.6. The summed E-state index contributed by atoms with van der Waals surface area (Å²) in [7, 11) is 0. The van der Waals surface area contributed by atoms with Crippen LogP contribution in [0.1, 0.15) is 16.8 Å². The Hall–Kier alpha value is -3.14. The van der Waals surface area contributed by atoms with Gasteiger partial charge < -0.3 is 11.1 Å². The number of rotatable bonds is 3. The molecule has 0 saturated heterocycles. The monoisotopic (exact) mass is 296 g/mol. The normalized spacial score (nSPS) is 11.0. The number of aromatic nitrogens is 2. The SMILES string of the molecule is Cc1cccc(NC(N)=Nc2nc(C)c(CC#N)c(=O)[nH]2)c1. The van der Waals surface area contributed by atoms with Crippen molar-refractivity contribution in [3.63, 3.8) is 0 Å². The van der Waals surface area contributed by atoms with Crippen LogP contribution in [0.4, 0.5) is 11.6 Å². The molecule has 0 bridgehead atoms. The molecule has 0 aliphatic heterocycles. The van der Waals surface area contributed by atoms with Crippen LogP contribution in [-0.2, 0) is 6.42 Å². The maximum Gasteiger partial charge on any atom is 0.256 e. The number of hydrogen-bond acceptors (Lipinski definition) is 4. The van der Waals surface area contributed by atoms with Crippen LogP contribution < -0.4 is 16.6 Å². The zero-order valence-electron chi connectivity index (χ0n) is 12.3. The summed E-state index contributed by atoms with van der Waals surface area (Å²) in [6.07, 6.45) is 0.00911. The minimum Gasteiger partial charge on any atom is -0.369 e. The molecule has 2 aromatic rings. The molecule has 0 radical (unpaired) electrons. The van der Waals surface area contributed by atoms with Gasteiger partial charge in [-0.2, -0.15) is 10.3 Å².